The first kappa shape index (κ1) is 9.43. The van der Waals surface area contributed by atoms with E-state index in [4.69, 9.17) is 4.42 Å². The van der Waals surface area contributed by atoms with Gasteiger partial charge < -0.3 is 9.73 Å². The topological polar surface area (TPSA) is 38.1 Å². The van der Waals surface area contributed by atoms with E-state index >= 15 is 0 Å². The second-order valence-electron chi connectivity index (χ2n) is 3.03. The molecule has 2 heterocycles. The summed E-state index contributed by atoms with van der Waals surface area (Å²) in [5, 5.41) is 6.39. The molecule has 0 bridgehead atoms. The standard InChI is InChI=1S/C10H12N2OS/c1-11-9(8-2-4-13-7-8)6-10-12-3-5-14-10/h2-5,7,9,11H,6H2,1H3. The van der Waals surface area contributed by atoms with Gasteiger partial charge in [-0.25, -0.2) is 4.98 Å². The molecule has 4 heteroatoms. The minimum Gasteiger partial charge on any atom is -0.472 e. The Morgan fingerprint density at radius 2 is 2.57 bits per heavy atom. The van der Waals surface area contributed by atoms with Gasteiger partial charge in [0.1, 0.15) is 0 Å². The van der Waals surface area contributed by atoms with Gasteiger partial charge >= 0.3 is 0 Å². The molecule has 1 atom stereocenters. The van der Waals surface area contributed by atoms with Crippen LogP contribution in [0.4, 0.5) is 0 Å². The summed E-state index contributed by atoms with van der Waals surface area (Å²) in [5.41, 5.74) is 1.17. The fourth-order valence-corrected chi connectivity index (χ4v) is 2.05. The summed E-state index contributed by atoms with van der Waals surface area (Å²) >= 11 is 1.68. The van der Waals surface area contributed by atoms with E-state index in [0.29, 0.717) is 6.04 Å². The van der Waals surface area contributed by atoms with E-state index in [1.54, 1.807) is 23.9 Å². The number of hydrogen-bond acceptors (Lipinski definition) is 4. The van der Waals surface area contributed by atoms with Gasteiger partial charge in [0.15, 0.2) is 0 Å². The highest BCUT2D eigenvalue weighted by Crippen LogP contribution is 2.19. The van der Waals surface area contributed by atoms with Crippen LogP contribution in [-0.2, 0) is 6.42 Å². The van der Waals surface area contributed by atoms with E-state index in [9.17, 15) is 0 Å². The van der Waals surface area contributed by atoms with Crippen LogP contribution in [0.1, 0.15) is 16.6 Å². The molecular weight excluding hydrogens is 196 g/mol. The lowest BCUT2D eigenvalue weighted by atomic mass is 10.1. The molecule has 2 rings (SSSR count). The maximum absolute atomic E-state index is 5.06. The molecule has 0 saturated carbocycles. The average molecular weight is 208 g/mol. The molecule has 0 fully saturated rings. The molecule has 0 aliphatic carbocycles. The van der Waals surface area contributed by atoms with Crippen LogP contribution in [0, 0.1) is 0 Å². The summed E-state index contributed by atoms with van der Waals surface area (Å²) in [7, 11) is 1.95. The van der Waals surface area contributed by atoms with E-state index in [1.807, 2.05) is 24.7 Å². The number of furan rings is 1. The number of nitrogens with zero attached hydrogens (tertiary/aromatic N) is 1. The molecular formula is C10H12N2OS. The van der Waals surface area contributed by atoms with E-state index < -0.39 is 0 Å². The van der Waals surface area contributed by atoms with Crippen LogP contribution in [-0.4, -0.2) is 12.0 Å². The number of thiazole rings is 1. The smallest absolute Gasteiger partial charge is 0.0950 e. The van der Waals surface area contributed by atoms with Crippen molar-refractivity contribution in [2.45, 2.75) is 12.5 Å². The lowest BCUT2D eigenvalue weighted by Gasteiger charge is -2.11. The Morgan fingerprint density at radius 3 is 3.14 bits per heavy atom. The number of aromatic nitrogens is 1. The molecule has 14 heavy (non-hydrogen) atoms. The van der Waals surface area contributed by atoms with E-state index in [2.05, 4.69) is 10.3 Å². The highest BCUT2D eigenvalue weighted by atomic mass is 32.1. The second-order valence-corrected chi connectivity index (χ2v) is 4.01. The van der Waals surface area contributed by atoms with Crippen LogP contribution >= 0.6 is 11.3 Å². The van der Waals surface area contributed by atoms with Crippen LogP contribution in [0.3, 0.4) is 0 Å². The first-order valence-corrected chi connectivity index (χ1v) is 5.36. The van der Waals surface area contributed by atoms with Gasteiger partial charge in [0.2, 0.25) is 0 Å². The van der Waals surface area contributed by atoms with Gasteiger partial charge in [-0.15, -0.1) is 11.3 Å². The Hall–Kier alpha value is -1.13. The van der Waals surface area contributed by atoms with Gasteiger partial charge in [0.25, 0.3) is 0 Å². The molecule has 2 aromatic rings. The summed E-state index contributed by atoms with van der Waals surface area (Å²) in [5.74, 6) is 0. The van der Waals surface area contributed by atoms with Crippen molar-refractivity contribution in [1.29, 1.82) is 0 Å². The van der Waals surface area contributed by atoms with Crippen LogP contribution in [0.2, 0.25) is 0 Å². The number of hydrogen-bond donors (Lipinski definition) is 1. The SMILES string of the molecule is CNC(Cc1nccs1)c1ccoc1. The Bertz CT molecular complexity index is 355. The maximum atomic E-state index is 5.06. The third-order valence-corrected chi connectivity index (χ3v) is 2.96. The lowest BCUT2D eigenvalue weighted by Crippen LogP contribution is -2.18. The molecule has 0 spiro atoms. The van der Waals surface area contributed by atoms with Crippen LogP contribution in [0.5, 0.6) is 0 Å². The van der Waals surface area contributed by atoms with Crippen molar-refractivity contribution in [3.05, 3.63) is 40.7 Å². The summed E-state index contributed by atoms with van der Waals surface area (Å²) in [6.07, 6.45) is 6.21. The molecule has 1 N–H and O–H groups in total. The molecule has 2 aromatic heterocycles. The monoisotopic (exact) mass is 208 g/mol. The predicted octanol–water partition coefficient (Wildman–Crippen LogP) is 2.24. The lowest BCUT2D eigenvalue weighted by molar-refractivity contribution is 0.542. The van der Waals surface area contributed by atoms with Crippen molar-refractivity contribution in [1.82, 2.24) is 10.3 Å². The van der Waals surface area contributed by atoms with Crippen LogP contribution in [0.25, 0.3) is 0 Å². The number of rotatable bonds is 4. The molecule has 0 amide bonds. The molecule has 1 unspecified atom stereocenters. The fourth-order valence-electron chi connectivity index (χ4n) is 1.39. The Balaban J connectivity index is 2.08. The molecule has 0 radical (unpaired) electrons. The van der Waals surface area contributed by atoms with Crippen LogP contribution in [0.15, 0.2) is 34.6 Å². The normalized spacial score (nSPS) is 12.9. The summed E-state index contributed by atoms with van der Waals surface area (Å²) in [4.78, 5) is 4.26. The zero-order valence-corrected chi connectivity index (χ0v) is 8.75. The van der Waals surface area contributed by atoms with E-state index in [1.165, 1.54) is 5.56 Å². The highest BCUT2D eigenvalue weighted by molar-refractivity contribution is 7.09. The zero-order chi connectivity index (χ0) is 9.80. The third kappa shape index (κ3) is 2.02. The van der Waals surface area contributed by atoms with E-state index in [0.717, 1.165) is 11.4 Å². The molecule has 74 valence electrons. The summed E-state index contributed by atoms with van der Waals surface area (Å²) in [6, 6.07) is 2.27. The average Bonchev–Trinajstić information content (AvgIpc) is 2.86. The second kappa shape index (κ2) is 4.39. The Kier molecular flexibility index (Phi) is 2.96. The van der Waals surface area contributed by atoms with Gasteiger partial charge in [-0.2, -0.15) is 0 Å². The van der Waals surface area contributed by atoms with Gasteiger partial charge in [-0.3, -0.25) is 0 Å². The van der Waals surface area contributed by atoms with E-state index in [-0.39, 0.29) is 0 Å². The van der Waals surface area contributed by atoms with Crippen LogP contribution < -0.4 is 5.32 Å². The van der Waals surface area contributed by atoms with Gasteiger partial charge in [-0.1, -0.05) is 0 Å². The van der Waals surface area contributed by atoms with Crippen molar-refractivity contribution in [3.8, 4) is 0 Å². The molecule has 0 aromatic carbocycles. The minimum absolute atomic E-state index is 0.292. The van der Waals surface area contributed by atoms with Crippen molar-refractivity contribution >= 4 is 11.3 Å². The predicted molar refractivity (Wildman–Crippen MR) is 56.3 cm³/mol. The highest BCUT2D eigenvalue weighted by Gasteiger charge is 2.12. The number of nitrogens with one attached hydrogen (secondary N) is 1. The molecule has 3 nitrogen and oxygen atoms in total. The molecule has 0 aliphatic heterocycles. The minimum atomic E-state index is 0.292. The molecule has 0 aliphatic rings. The Morgan fingerprint density at radius 1 is 1.64 bits per heavy atom. The van der Waals surface area contributed by atoms with Gasteiger partial charge in [0, 0.05) is 29.6 Å². The maximum Gasteiger partial charge on any atom is 0.0950 e. The summed E-state index contributed by atoms with van der Waals surface area (Å²) < 4.78 is 5.06. The first-order chi connectivity index (χ1) is 6.90. The third-order valence-electron chi connectivity index (χ3n) is 2.16. The largest absolute Gasteiger partial charge is 0.472 e. The van der Waals surface area contributed by atoms with Crippen molar-refractivity contribution in [2.24, 2.45) is 0 Å². The quantitative estimate of drug-likeness (QED) is 0.837. The van der Waals surface area contributed by atoms with Crippen molar-refractivity contribution in [2.75, 3.05) is 7.05 Å². The Labute approximate surface area is 86.8 Å². The first-order valence-electron chi connectivity index (χ1n) is 4.48. The fraction of sp³-hybridized carbons (Fsp3) is 0.300. The van der Waals surface area contributed by atoms with Gasteiger partial charge in [-0.05, 0) is 13.1 Å². The zero-order valence-electron chi connectivity index (χ0n) is 7.93. The number of likely N-dealkylation sites (N-methyl/N-ethyl adjacent to an activating group) is 1. The van der Waals surface area contributed by atoms with Gasteiger partial charge in [0.05, 0.1) is 17.5 Å². The summed E-state index contributed by atoms with van der Waals surface area (Å²) in [6.45, 7) is 0. The van der Waals surface area contributed by atoms with Crippen molar-refractivity contribution < 1.29 is 4.42 Å². The molecule has 0 saturated heterocycles. The van der Waals surface area contributed by atoms with Crippen molar-refractivity contribution in [3.63, 3.8) is 0 Å².